The molecule has 44 heavy (non-hydrogen) atoms. The van der Waals surface area contributed by atoms with Gasteiger partial charge in [-0.2, -0.15) is 0 Å². The molecule has 0 bridgehead atoms. The fraction of sp³-hybridized carbons (Fsp3) is 0.333. The van der Waals surface area contributed by atoms with Crippen LogP contribution >= 0.6 is 11.6 Å². The Morgan fingerprint density at radius 3 is 2.07 bits per heavy atom. The molecule has 0 spiro atoms. The van der Waals surface area contributed by atoms with Crippen molar-refractivity contribution in [3.05, 3.63) is 118 Å². The van der Waals surface area contributed by atoms with E-state index in [4.69, 9.17) is 20.8 Å². The lowest BCUT2D eigenvalue weighted by atomic mass is 9.99. The number of benzene rings is 3. The summed E-state index contributed by atoms with van der Waals surface area (Å²) in [5.74, 6) is -1.22. The van der Waals surface area contributed by atoms with Crippen LogP contribution in [-0.2, 0) is 15.8 Å². The molecule has 5 nitrogen and oxygen atoms in total. The van der Waals surface area contributed by atoms with E-state index in [0.29, 0.717) is 29.9 Å². The van der Waals surface area contributed by atoms with Crippen LogP contribution < -0.4 is 15.3 Å². The topological polar surface area (TPSA) is 51.7 Å². The first-order valence-electron chi connectivity index (χ1n) is 15.1. The van der Waals surface area contributed by atoms with Crippen LogP contribution in [0, 0.1) is 12.7 Å². The van der Waals surface area contributed by atoms with Crippen LogP contribution in [0.25, 0.3) is 0 Å². The fourth-order valence-electron chi connectivity index (χ4n) is 6.35. The van der Waals surface area contributed by atoms with Crippen molar-refractivity contribution in [1.82, 2.24) is 4.98 Å². The molecule has 2 unspecified atom stereocenters. The smallest absolute Gasteiger partial charge is 0.261 e. The Morgan fingerprint density at radius 1 is 1.00 bits per heavy atom. The van der Waals surface area contributed by atoms with E-state index in [1.54, 1.807) is 18.2 Å². The largest absolute Gasteiger partial charge is 0.403 e. The molecule has 0 N–H and O–H groups in total. The first kappa shape index (κ1) is 32.0. The van der Waals surface area contributed by atoms with Gasteiger partial charge in [-0.05, 0) is 54.4 Å². The van der Waals surface area contributed by atoms with Crippen molar-refractivity contribution in [2.24, 2.45) is 0 Å². The summed E-state index contributed by atoms with van der Waals surface area (Å²) >= 11 is 6.89. The number of morpholine rings is 1. The molecule has 1 aliphatic rings. The summed E-state index contributed by atoms with van der Waals surface area (Å²) in [5, 5.41) is 1.90. The third-order valence-corrected chi connectivity index (χ3v) is 13.6. The molecule has 3 aromatic carbocycles. The van der Waals surface area contributed by atoms with Crippen molar-refractivity contribution < 1.29 is 18.3 Å². The second-order valence-corrected chi connectivity index (χ2v) is 17.4. The zero-order valence-corrected chi connectivity index (χ0v) is 28.0. The Bertz CT molecular complexity index is 1560. The van der Waals surface area contributed by atoms with Gasteiger partial charge in [-0.25, -0.2) is 4.39 Å². The number of rotatable bonds is 8. The Kier molecular flexibility index (Phi) is 9.42. The van der Waals surface area contributed by atoms with Gasteiger partial charge in [0, 0.05) is 36.1 Å². The quantitative estimate of drug-likeness (QED) is 0.154. The highest BCUT2D eigenvalue weighted by atomic mass is 35.5. The molecule has 1 aromatic heterocycles. The van der Waals surface area contributed by atoms with Crippen molar-refractivity contribution in [2.45, 2.75) is 65.4 Å². The number of anilines is 1. The van der Waals surface area contributed by atoms with Gasteiger partial charge in [-0.1, -0.05) is 93.0 Å². The predicted molar refractivity (Wildman–Crippen MR) is 178 cm³/mol. The van der Waals surface area contributed by atoms with Gasteiger partial charge in [-0.15, -0.1) is 0 Å². The fourth-order valence-corrected chi connectivity index (χ4v) is 11.2. The maximum Gasteiger partial charge on any atom is 0.261 e. The van der Waals surface area contributed by atoms with E-state index in [-0.39, 0.29) is 34.4 Å². The average Bonchev–Trinajstić information content (AvgIpc) is 2.99. The molecule has 1 saturated heterocycles. The molecular weight excluding hydrogens is 591 g/mol. The third-order valence-electron chi connectivity index (χ3n) is 8.27. The number of hydrogen-bond donors (Lipinski definition) is 0. The van der Waals surface area contributed by atoms with E-state index in [1.807, 2.05) is 57.2 Å². The number of pyridine rings is 1. The summed E-state index contributed by atoms with van der Waals surface area (Å²) in [5.41, 5.74) is 2.17. The Morgan fingerprint density at radius 2 is 1.57 bits per heavy atom. The van der Waals surface area contributed by atoms with Crippen LogP contribution in [0.4, 0.5) is 10.1 Å². The number of aryl methyl sites for hydroxylation is 1. The van der Waals surface area contributed by atoms with E-state index >= 15 is 4.39 Å². The van der Waals surface area contributed by atoms with Crippen LogP contribution in [0.2, 0.25) is 10.1 Å². The van der Waals surface area contributed by atoms with Crippen molar-refractivity contribution in [2.75, 3.05) is 18.0 Å². The summed E-state index contributed by atoms with van der Waals surface area (Å²) in [6.45, 7) is 13.7. The lowest BCUT2D eigenvalue weighted by Gasteiger charge is -2.43. The number of carbonyl (C=O) groups is 1. The minimum absolute atomic E-state index is 0.0803. The van der Waals surface area contributed by atoms with Crippen molar-refractivity contribution >= 4 is 41.8 Å². The van der Waals surface area contributed by atoms with E-state index in [9.17, 15) is 4.79 Å². The summed E-state index contributed by atoms with van der Waals surface area (Å²) in [4.78, 5) is 20.0. The van der Waals surface area contributed by atoms with Crippen LogP contribution in [0.15, 0.2) is 85.1 Å². The van der Waals surface area contributed by atoms with Gasteiger partial charge in [0.05, 0.1) is 30.1 Å². The molecule has 5 rings (SSSR count). The normalized spacial score (nSPS) is 17.5. The van der Waals surface area contributed by atoms with Gasteiger partial charge in [0.25, 0.3) is 8.32 Å². The maximum atomic E-state index is 16.1. The standard InChI is InChI=1S/C36H40ClFN2O3Si/c1-24-17-18-27(20-39-24)35(41)31-19-28(34(32(37)33(31)38)40-21-25(2)43-26(3)22-40)23-42-44(36(4,5)6,29-13-9-7-10-14-29)30-15-11-8-12-16-30/h7-20,25-26H,21-23H2,1-6H3. The number of ketones is 1. The number of hydrogen-bond acceptors (Lipinski definition) is 5. The first-order chi connectivity index (χ1) is 20.9. The van der Waals surface area contributed by atoms with Crippen molar-refractivity contribution in [1.29, 1.82) is 0 Å². The summed E-state index contributed by atoms with van der Waals surface area (Å²) in [7, 11) is -2.95. The molecule has 1 aliphatic heterocycles. The highest BCUT2D eigenvalue weighted by molar-refractivity contribution is 6.99. The second-order valence-electron chi connectivity index (χ2n) is 12.7. The maximum absolute atomic E-state index is 16.1. The lowest BCUT2D eigenvalue weighted by molar-refractivity contribution is -0.00532. The van der Waals surface area contributed by atoms with Gasteiger partial charge in [0.1, 0.15) is 5.02 Å². The van der Waals surface area contributed by atoms with E-state index in [2.05, 4.69) is 54.9 Å². The number of ether oxygens (including phenoxy) is 1. The van der Waals surface area contributed by atoms with Crippen LogP contribution in [-0.4, -0.2) is 44.4 Å². The van der Waals surface area contributed by atoms with E-state index in [0.717, 1.165) is 16.1 Å². The van der Waals surface area contributed by atoms with Gasteiger partial charge in [0.2, 0.25) is 0 Å². The zero-order valence-electron chi connectivity index (χ0n) is 26.2. The average molecular weight is 631 g/mol. The van der Waals surface area contributed by atoms with Crippen LogP contribution in [0.1, 0.15) is 61.8 Å². The van der Waals surface area contributed by atoms with Gasteiger partial charge in [-0.3, -0.25) is 9.78 Å². The second kappa shape index (κ2) is 12.9. The van der Waals surface area contributed by atoms with Crippen molar-refractivity contribution in [3.8, 4) is 0 Å². The Hall–Kier alpha value is -3.36. The third kappa shape index (κ3) is 6.24. The minimum Gasteiger partial charge on any atom is -0.403 e. The highest BCUT2D eigenvalue weighted by Crippen LogP contribution is 2.41. The van der Waals surface area contributed by atoms with Gasteiger partial charge >= 0.3 is 0 Å². The van der Waals surface area contributed by atoms with Crippen LogP contribution in [0.3, 0.4) is 0 Å². The molecule has 1 fully saturated rings. The first-order valence-corrected chi connectivity index (χ1v) is 17.3. The number of halogens is 2. The molecule has 2 heterocycles. The minimum atomic E-state index is -2.95. The molecule has 8 heteroatoms. The van der Waals surface area contributed by atoms with E-state index < -0.39 is 19.9 Å². The molecule has 0 radical (unpaired) electrons. The predicted octanol–water partition coefficient (Wildman–Crippen LogP) is 7.10. The molecule has 0 saturated carbocycles. The van der Waals surface area contributed by atoms with Crippen LogP contribution in [0.5, 0.6) is 0 Å². The molecule has 230 valence electrons. The van der Waals surface area contributed by atoms with Gasteiger partial charge < -0.3 is 14.1 Å². The zero-order chi connectivity index (χ0) is 31.6. The van der Waals surface area contributed by atoms with E-state index in [1.165, 1.54) is 6.20 Å². The summed E-state index contributed by atoms with van der Waals surface area (Å²) in [6.07, 6.45) is 1.31. The number of aromatic nitrogens is 1. The monoisotopic (exact) mass is 630 g/mol. The summed E-state index contributed by atoms with van der Waals surface area (Å²) < 4.78 is 29.4. The van der Waals surface area contributed by atoms with Gasteiger partial charge in [0.15, 0.2) is 11.6 Å². The molecule has 0 aliphatic carbocycles. The SMILES string of the molecule is Cc1ccc(C(=O)c2cc(CO[Si](c3ccccc3)(c3ccccc3)C(C)(C)C)c(N3CC(C)OC(C)C3)c(Cl)c2F)cn1. The molecule has 4 aromatic rings. The Balaban J connectivity index is 1.68. The van der Waals surface area contributed by atoms with Crippen molar-refractivity contribution in [3.63, 3.8) is 0 Å². The Labute approximate surface area is 266 Å². The molecule has 2 atom stereocenters. The molecule has 0 amide bonds. The molecular formula is C36H40ClFN2O3Si. The number of carbonyl (C=O) groups excluding carboxylic acids is 1. The lowest BCUT2D eigenvalue weighted by Crippen LogP contribution is -2.66. The number of nitrogens with zero attached hydrogens (tertiary/aromatic N) is 2. The highest BCUT2D eigenvalue weighted by Gasteiger charge is 2.50. The summed E-state index contributed by atoms with van der Waals surface area (Å²) in [6, 6.07) is 25.7.